The molecular weight excluding hydrogens is 386 g/mol. The second-order valence-corrected chi connectivity index (χ2v) is 7.66. The van der Waals surface area contributed by atoms with Crippen molar-refractivity contribution < 1.29 is 9.72 Å². The molecule has 1 fully saturated rings. The molecule has 0 saturated carbocycles. The maximum Gasteiger partial charge on any atom is 0.296 e. The quantitative estimate of drug-likeness (QED) is 0.430. The molecule has 2 aromatic carbocycles. The summed E-state index contributed by atoms with van der Waals surface area (Å²) in [6, 6.07) is 12.2. The highest BCUT2D eigenvalue weighted by atomic mass is 35.5. The van der Waals surface area contributed by atoms with Crippen LogP contribution in [0.1, 0.15) is 30.9 Å². The highest BCUT2D eigenvalue weighted by Crippen LogP contribution is 2.33. The lowest BCUT2D eigenvalue weighted by molar-refractivity contribution is -0.384. The van der Waals surface area contributed by atoms with Crippen molar-refractivity contribution in [3.8, 4) is 0 Å². The number of hydrogen-bond donors (Lipinski definition) is 1. The zero-order valence-corrected chi connectivity index (χ0v) is 16.2. The first-order chi connectivity index (χ1) is 12.8. The summed E-state index contributed by atoms with van der Waals surface area (Å²) in [5.41, 5.74) is 2.04. The Balaban J connectivity index is 1.85. The number of benzene rings is 2. The van der Waals surface area contributed by atoms with Gasteiger partial charge in [-0.1, -0.05) is 49.7 Å². The van der Waals surface area contributed by atoms with Crippen LogP contribution in [0, 0.1) is 10.1 Å². The number of nitro groups is 1. The fourth-order valence-electron chi connectivity index (χ4n) is 2.46. The maximum atomic E-state index is 12.2. The van der Waals surface area contributed by atoms with E-state index in [-0.39, 0.29) is 27.5 Å². The number of hydrogen-bond acceptors (Lipinski definition) is 5. The van der Waals surface area contributed by atoms with Crippen LogP contribution in [0.25, 0.3) is 6.08 Å². The number of nitro benzene ring substituents is 1. The van der Waals surface area contributed by atoms with Crippen molar-refractivity contribution in [2.75, 3.05) is 0 Å². The molecule has 27 heavy (non-hydrogen) atoms. The van der Waals surface area contributed by atoms with Crippen LogP contribution in [0.4, 0.5) is 11.4 Å². The van der Waals surface area contributed by atoms with Crippen molar-refractivity contribution in [1.82, 2.24) is 5.32 Å². The van der Waals surface area contributed by atoms with Crippen molar-refractivity contribution in [2.24, 2.45) is 4.99 Å². The Bertz CT molecular complexity index is 969. The molecule has 0 aromatic heterocycles. The van der Waals surface area contributed by atoms with Crippen molar-refractivity contribution in [3.05, 3.63) is 73.6 Å². The number of halogens is 1. The molecule has 0 atom stereocenters. The van der Waals surface area contributed by atoms with Gasteiger partial charge in [-0.25, -0.2) is 4.99 Å². The molecule has 1 aliphatic heterocycles. The van der Waals surface area contributed by atoms with Crippen LogP contribution in [0.2, 0.25) is 5.02 Å². The second kappa shape index (κ2) is 7.94. The molecule has 0 bridgehead atoms. The minimum absolute atomic E-state index is 0.134. The zero-order valence-electron chi connectivity index (χ0n) is 14.6. The fourth-order valence-corrected chi connectivity index (χ4v) is 3.46. The Morgan fingerprint density at radius 1 is 1.22 bits per heavy atom. The van der Waals surface area contributed by atoms with Gasteiger partial charge in [0.25, 0.3) is 11.6 Å². The average molecular weight is 402 g/mol. The van der Waals surface area contributed by atoms with E-state index in [0.717, 1.165) is 17.3 Å². The minimum atomic E-state index is -0.556. The maximum absolute atomic E-state index is 12.2. The zero-order chi connectivity index (χ0) is 19.6. The summed E-state index contributed by atoms with van der Waals surface area (Å²) in [5.74, 6) is 0.146. The van der Waals surface area contributed by atoms with Crippen molar-refractivity contribution in [2.45, 2.75) is 19.8 Å². The van der Waals surface area contributed by atoms with Gasteiger partial charge < -0.3 is 5.32 Å². The lowest BCUT2D eigenvalue weighted by Gasteiger charge is -2.04. The van der Waals surface area contributed by atoms with Gasteiger partial charge >= 0.3 is 0 Å². The Labute approximate surface area is 165 Å². The van der Waals surface area contributed by atoms with E-state index in [0.29, 0.717) is 10.8 Å². The number of aliphatic imine (C=N–C) groups is 1. The smallest absolute Gasteiger partial charge is 0.296 e. The Kier molecular flexibility index (Phi) is 5.62. The van der Waals surface area contributed by atoms with Gasteiger partial charge in [0.1, 0.15) is 5.69 Å². The van der Waals surface area contributed by atoms with E-state index in [2.05, 4.69) is 24.2 Å². The third kappa shape index (κ3) is 4.56. The summed E-state index contributed by atoms with van der Waals surface area (Å²) >= 11 is 6.95. The third-order valence-electron chi connectivity index (χ3n) is 3.91. The number of thioether (sulfide) groups is 1. The summed E-state index contributed by atoms with van der Waals surface area (Å²) in [6.45, 7) is 4.23. The van der Waals surface area contributed by atoms with Gasteiger partial charge in [-0.3, -0.25) is 14.9 Å². The van der Waals surface area contributed by atoms with Gasteiger partial charge in [-0.2, -0.15) is 0 Å². The molecule has 0 radical (unpaired) electrons. The SMILES string of the molecule is CC(C)c1ccc(/C=C2/SC(=Nc3ccc(Cl)cc3[N+](=O)[O-])NC2=O)cc1. The monoisotopic (exact) mass is 401 g/mol. The Hall–Kier alpha value is -2.64. The first kappa shape index (κ1) is 19.1. The highest BCUT2D eigenvalue weighted by Gasteiger charge is 2.25. The summed E-state index contributed by atoms with van der Waals surface area (Å²) in [4.78, 5) is 27.5. The van der Waals surface area contributed by atoms with Gasteiger partial charge in [-0.15, -0.1) is 0 Å². The van der Waals surface area contributed by atoms with Crippen LogP contribution in [0.15, 0.2) is 52.4 Å². The van der Waals surface area contributed by atoms with Crippen molar-refractivity contribution >= 4 is 51.9 Å². The van der Waals surface area contributed by atoms with Crippen LogP contribution in [-0.4, -0.2) is 16.0 Å². The predicted octanol–water partition coefficient (Wildman–Crippen LogP) is 5.26. The topological polar surface area (TPSA) is 84.6 Å². The minimum Gasteiger partial charge on any atom is -0.300 e. The molecule has 1 heterocycles. The van der Waals surface area contributed by atoms with E-state index < -0.39 is 4.92 Å². The van der Waals surface area contributed by atoms with Crippen LogP contribution < -0.4 is 5.32 Å². The number of nitrogens with one attached hydrogen (secondary N) is 1. The molecule has 2 aromatic rings. The molecule has 1 aliphatic rings. The first-order valence-corrected chi connectivity index (χ1v) is 9.36. The van der Waals surface area contributed by atoms with Crippen LogP contribution in [0.3, 0.4) is 0 Å². The van der Waals surface area contributed by atoms with Crippen LogP contribution in [0.5, 0.6) is 0 Å². The molecule has 0 unspecified atom stereocenters. The number of carbonyl (C=O) groups is 1. The number of nitrogens with zero attached hydrogens (tertiary/aromatic N) is 2. The van der Waals surface area contributed by atoms with E-state index in [4.69, 9.17) is 11.6 Å². The Morgan fingerprint density at radius 3 is 2.56 bits per heavy atom. The molecule has 3 rings (SSSR count). The molecule has 0 spiro atoms. The fraction of sp³-hybridized carbons (Fsp3) is 0.158. The van der Waals surface area contributed by atoms with Gasteiger partial charge in [0.2, 0.25) is 0 Å². The lowest BCUT2D eigenvalue weighted by atomic mass is 10.0. The molecule has 138 valence electrons. The van der Waals surface area contributed by atoms with E-state index in [9.17, 15) is 14.9 Å². The molecule has 1 saturated heterocycles. The molecule has 1 N–H and O–H groups in total. The number of carbonyl (C=O) groups excluding carboxylic acids is 1. The third-order valence-corrected chi connectivity index (χ3v) is 5.05. The molecule has 8 heteroatoms. The van der Waals surface area contributed by atoms with E-state index in [1.165, 1.54) is 23.8 Å². The van der Waals surface area contributed by atoms with Crippen LogP contribution >= 0.6 is 23.4 Å². The van der Waals surface area contributed by atoms with Crippen molar-refractivity contribution in [1.29, 1.82) is 0 Å². The number of amides is 1. The summed E-state index contributed by atoms with van der Waals surface area (Å²) in [5, 5.41) is 14.3. The predicted molar refractivity (Wildman–Crippen MR) is 109 cm³/mol. The lowest BCUT2D eigenvalue weighted by Crippen LogP contribution is -2.19. The largest absolute Gasteiger partial charge is 0.300 e. The van der Waals surface area contributed by atoms with Gasteiger partial charge in [0.05, 0.1) is 9.83 Å². The van der Waals surface area contributed by atoms with Crippen LogP contribution in [-0.2, 0) is 4.79 Å². The first-order valence-electron chi connectivity index (χ1n) is 8.17. The average Bonchev–Trinajstić information content (AvgIpc) is 2.96. The normalized spacial score (nSPS) is 17.0. The van der Waals surface area contributed by atoms with E-state index >= 15 is 0 Å². The molecule has 1 amide bonds. The Morgan fingerprint density at radius 2 is 1.93 bits per heavy atom. The van der Waals surface area contributed by atoms with E-state index in [1.807, 2.05) is 24.3 Å². The number of rotatable bonds is 4. The van der Waals surface area contributed by atoms with Gasteiger partial charge in [0.15, 0.2) is 5.17 Å². The number of amidine groups is 1. The molecule has 6 nitrogen and oxygen atoms in total. The molecule has 0 aliphatic carbocycles. The second-order valence-electron chi connectivity index (χ2n) is 6.19. The molecular formula is C19H16ClN3O3S. The summed E-state index contributed by atoms with van der Waals surface area (Å²) in [7, 11) is 0. The summed E-state index contributed by atoms with van der Waals surface area (Å²) < 4.78 is 0. The van der Waals surface area contributed by atoms with Crippen molar-refractivity contribution in [3.63, 3.8) is 0 Å². The standard InChI is InChI=1S/C19H16ClN3O3S/c1-11(2)13-5-3-12(4-6-13)9-17-18(24)22-19(27-17)21-15-8-7-14(20)10-16(15)23(25)26/h3-11H,1-2H3,(H,21,22,24)/b17-9+. The summed E-state index contributed by atoms with van der Waals surface area (Å²) in [6.07, 6.45) is 1.77. The van der Waals surface area contributed by atoms with Gasteiger partial charge in [-0.05, 0) is 47.0 Å². The van der Waals surface area contributed by atoms with Gasteiger partial charge in [0, 0.05) is 11.1 Å². The van der Waals surface area contributed by atoms with E-state index in [1.54, 1.807) is 6.08 Å². The highest BCUT2D eigenvalue weighted by molar-refractivity contribution is 8.18.